The van der Waals surface area contributed by atoms with E-state index in [0.29, 0.717) is 5.78 Å². The summed E-state index contributed by atoms with van der Waals surface area (Å²) in [6.07, 6.45) is 3.82. The first-order chi connectivity index (χ1) is 7.27. The number of hydrogen-bond donors (Lipinski definition) is 0. The molecule has 15 heavy (non-hydrogen) atoms. The van der Waals surface area contributed by atoms with E-state index in [9.17, 15) is 4.79 Å². The van der Waals surface area contributed by atoms with Crippen molar-refractivity contribution in [1.82, 2.24) is 0 Å². The third-order valence-electron chi connectivity index (χ3n) is 3.16. The molecule has 0 radical (unpaired) electrons. The molecule has 1 aliphatic carbocycles. The Labute approximate surface area is 90.8 Å². The average Bonchev–Trinajstić information content (AvgIpc) is 2.59. The quantitative estimate of drug-likeness (QED) is 0.731. The smallest absolute Gasteiger partial charge is 0.158 e. The number of hydrogen-bond acceptors (Lipinski definition) is 1. The molecule has 1 aromatic rings. The normalized spacial score (nSPS) is 16.2. The highest BCUT2D eigenvalue weighted by Crippen LogP contribution is 2.26. The minimum atomic E-state index is 0.345. The summed E-state index contributed by atoms with van der Waals surface area (Å²) < 4.78 is 0. The Morgan fingerprint density at radius 3 is 2.40 bits per heavy atom. The van der Waals surface area contributed by atoms with Crippen molar-refractivity contribution in [2.45, 2.75) is 32.6 Å². The van der Waals surface area contributed by atoms with Gasteiger partial charge in [0.05, 0.1) is 0 Å². The molecule has 0 atom stereocenters. The van der Waals surface area contributed by atoms with Crippen LogP contribution in [0.3, 0.4) is 0 Å². The average molecular weight is 200 g/mol. The van der Waals surface area contributed by atoms with Gasteiger partial charge in [0.2, 0.25) is 0 Å². The molecule has 1 heteroatoms. The molecule has 0 saturated heterocycles. The van der Waals surface area contributed by atoms with Gasteiger partial charge >= 0.3 is 0 Å². The summed E-state index contributed by atoms with van der Waals surface area (Å²) in [5, 5.41) is 0. The summed E-state index contributed by atoms with van der Waals surface area (Å²) in [6, 6.07) is 10.5. The highest BCUT2D eigenvalue weighted by Gasteiger charge is 2.18. The van der Waals surface area contributed by atoms with E-state index in [0.717, 1.165) is 31.3 Å². The number of carbonyl (C=O) groups is 1. The lowest BCUT2D eigenvalue weighted by molar-refractivity contribution is -0.114. The van der Waals surface area contributed by atoms with Crippen LogP contribution in [0.15, 0.2) is 41.5 Å². The van der Waals surface area contributed by atoms with Crippen LogP contribution in [0.2, 0.25) is 0 Å². The molecule has 2 rings (SSSR count). The van der Waals surface area contributed by atoms with Crippen molar-refractivity contribution >= 4 is 5.78 Å². The fourth-order valence-corrected chi connectivity index (χ4v) is 2.09. The van der Waals surface area contributed by atoms with E-state index < -0.39 is 0 Å². The number of benzene rings is 1. The fourth-order valence-electron chi connectivity index (χ4n) is 2.09. The maximum Gasteiger partial charge on any atom is 0.158 e. The second-order valence-electron chi connectivity index (χ2n) is 4.14. The van der Waals surface area contributed by atoms with E-state index in [1.165, 1.54) is 11.1 Å². The van der Waals surface area contributed by atoms with E-state index in [4.69, 9.17) is 0 Å². The molecule has 1 nitrogen and oxygen atoms in total. The van der Waals surface area contributed by atoms with Gasteiger partial charge in [-0.15, -0.1) is 0 Å². The third kappa shape index (κ3) is 2.35. The largest absolute Gasteiger partial charge is 0.295 e. The van der Waals surface area contributed by atoms with Crippen LogP contribution in [0.5, 0.6) is 0 Å². The van der Waals surface area contributed by atoms with Gasteiger partial charge in [-0.3, -0.25) is 4.79 Å². The zero-order chi connectivity index (χ0) is 10.7. The second kappa shape index (κ2) is 4.43. The van der Waals surface area contributed by atoms with Crippen molar-refractivity contribution in [2.75, 3.05) is 0 Å². The molecule has 0 fully saturated rings. The minimum absolute atomic E-state index is 0.345. The standard InChI is InChI=1S/C14H16O/c1-11-13(9-10-14(11)15)8-7-12-5-3-2-4-6-12/h2-6H,7-10H2,1H3. The molecular formula is C14H16O. The Bertz CT molecular complexity index is 387. The Morgan fingerprint density at radius 1 is 1.07 bits per heavy atom. The molecule has 0 unspecified atom stereocenters. The fraction of sp³-hybridized carbons (Fsp3) is 0.357. The molecule has 1 aromatic carbocycles. The first-order valence-electron chi connectivity index (χ1n) is 5.53. The molecule has 0 bridgehead atoms. The van der Waals surface area contributed by atoms with Crippen molar-refractivity contribution in [1.29, 1.82) is 0 Å². The van der Waals surface area contributed by atoms with E-state index in [2.05, 4.69) is 24.3 Å². The maximum absolute atomic E-state index is 11.3. The first kappa shape index (κ1) is 10.2. The summed E-state index contributed by atoms with van der Waals surface area (Å²) in [7, 11) is 0. The summed E-state index contributed by atoms with van der Waals surface area (Å²) in [5.41, 5.74) is 3.74. The number of carbonyl (C=O) groups excluding carboxylic acids is 1. The maximum atomic E-state index is 11.3. The SMILES string of the molecule is CC1=C(CCc2ccccc2)CCC1=O. The number of aryl methyl sites for hydroxylation is 1. The van der Waals surface area contributed by atoms with E-state index >= 15 is 0 Å². The third-order valence-corrected chi connectivity index (χ3v) is 3.16. The van der Waals surface area contributed by atoms with Gasteiger partial charge in [-0.1, -0.05) is 35.9 Å². The van der Waals surface area contributed by atoms with Crippen LogP contribution in [0.25, 0.3) is 0 Å². The molecule has 0 spiro atoms. The van der Waals surface area contributed by atoms with Crippen molar-refractivity contribution in [2.24, 2.45) is 0 Å². The molecule has 0 saturated carbocycles. The van der Waals surface area contributed by atoms with Crippen LogP contribution in [0, 0.1) is 0 Å². The van der Waals surface area contributed by atoms with Crippen LogP contribution in [0.1, 0.15) is 31.7 Å². The van der Waals surface area contributed by atoms with Gasteiger partial charge in [0.25, 0.3) is 0 Å². The summed E-state index contributed by atoms with van der Waals surface area (Å²) in [5.74, 6) is 0.345. The van der Waals surface area contributed by atoms with E-state index in [1.807, 2.05) is 13.0 Å². The van der Waals surface area contributed by atoms with Crippen LogP contribution in [-0.2, 0) is 11.2 Å². The Hall–Kier alpha value is -1.37. The van der Waals surface area contributed by atoms with E-state index in [-0.39, 0.29) is 0 Å². The zero-order valence-corrected chi connectivity index (χ0v) is 9.12. The lowest BCUT2D eigenvalue weighted by Crippen LogP contribution is -1.91. The van der Waals surface area contributed by atoms with Crippen molar-refractivity contribution in [3.05, 3.63) is 47.0 Å². The van der Waals surface area contributed by atoms with Gasteiger partial charge in [0, 0.05) is 6.42 Å². The molecule has 0 N–H and O–H groups in total. The van der Waals surface area contributed by atoms with Gasteiger partial charge in [0.1, 0.15) is 0 Å². The van der Waals surface area contributed by atoms with Gasteiger partial charge in [-0.05, 0) is 37.3 Å². The number of ketones is 1. The summed E-state index contributed by atoms with van der Waals surface area (Å²) in [4.78, 5) is 11.3. The minimum Gasteiger partial charge on any atom is -0.295 e. The van der Waals surface area contributed by atoms with Gasteiger partial charge in [-0.25, -0.2) is 0 Å². The van der Waals surface area contributed by atoms with Gasteiger partial charge in [-0.2, -0.15) is 0 Å². The summed E-state index contributed by atoms with van der Waals surface area (Å²) >= 11 is 0. The number of Topliss-reactive ketones (excluding diaryl/α,β-unsaturated/α-hetero) is 1. The number of allylic oxidation sites excluding steroid dienone is 2. The van der Waals surface area contributed by atoms with Crippen molar-refractivity contribution < 1.29 is 4.79 Å². The first-order valence-corrected chi connectivity index (χ1v) is 5.53. The molecule has 1 aliphatic rings. The highest BCUT2D eigenvalue weighted by atomic mass is 16.1. The topological polar surface area (TPSA) is 17.1 Å². The predicted octanol–water partition coefficient (Wildman–Crippen LogP) is 3.30. The van der Waals surface area contributed by atoms with Crippen LogP contribution in [-0.4, -0.2) is 5.78 Å². The molecular weight excluding hydrogens is 184 g/mol. The van der Waals surface area contributed by atoms with Gasteiger partial charge < -0.3 is 0 Å². The Balaban J connectivity index is 1.97. The predicted molar refractivity (Wildman–Crippen MR) is 61.7 cm³/mol. The monoisotopic (exact) mass is 200 g/mol. The lowest BCUT2D eigenvalue weighted by Gasteiger charge is -2.03. The van der Waals surface area contributed by atoms with Crippen molar-refractivity contribution in [3.63, 3.8) is 0 Å². The molecule has 0 aromatic heterocycles. The molecule has 78 valence electrons. The molecule has 0 aliphatic heterocycles. The zero-order valence-electron chi connectivity index (χ0n) is 9.12. The molecule has 0 heterocycles. The Morgan fingerprint density at radius 2 is 1.80 bits per heavy atom. The van der Waals surface area contributed by atoms with E-state index in [1.54, 1.807) is 0 Å². The Kier molecular flexibility index (Phi) is 3.00. The van der Waals surface area contributed by atoms with Crippen LogP contribution < -0.4 is 0 Å². The lowest BCUT2D eigenvalue weighted by atomic mass is 10.0. The highest BCUT2D eigenvalue weighted by molar-refractivity contribution is 5.98. The van der Waals surface area contributed by atoms with Crippen molar-refractivity contribution in [3.8, 4) is 0 Å². The van der Waals surface area contributed by atoms with Crippen LogP contribution in [0.4, 0.5) is 0 Å². The van der Waals surface area contributed by atoms with Crippen LogP contribution >= 0.6 is 0 Å². The molecule has 0 amide bonds. The summed E-state index contributed by atoms with van der Waals surface area (Å²) in [6.45, 7) is 1.97. The second-order valence-corrected chi connectivity index (χ2v) is 4.14. The van der Waals surface area contributed by atoms with Gasteiger partial charge in [0.15, 0.2) is 5.78 Å². The number of rotatable bonds is 3.